The van der Waals surface area contributed by atoms with Crippen molar-refractivity contribution in [1.82, 2.24) is 19.5 Å². The molecule has 4 aromatic rings. The van der Waals surface area contributed by atoms with Gasteiger partial charge in [-0.25, -0.2) is 4.45 Å². The van der Waals surface area contributed by atoms with Crippen LogP contribution in [0.5, 0.6) is 5.75 Å². The smallest absolute Gasteiger partial charge is 0.168 e. The van der Waals surface area contributed by atoms with Crippen molar-refractivity contribution in [1.29, 1.82) is 0 Å². The quantitative estimate of drug-likeness (QED) is 0.130. The highest BCUT2D eigenvalue weighted by Gasteiger charge is 2.17. The Bertz CT molecular complexity index is 1290. The van der Waals surface area contributed by atoms with Crippen LogP contribution in [0.25, 0.3) is 23.1 Å². The Hall–Kier alpha value is -2.06. The Kier molecular flexibility index (Phi) is 7.40. The van der Waals surface area contributed by atoms with E-state index in [1.54, 1.807) is 24.7 Å². The molecule has 0 aliphatic heterocycles. The summed E-state index contributed by atoms with van der Waals surface area (Å²) in [5, 5.41) is 6.60. The first kappa shape index (κ1) is 23.1. The summed E-state index contributed by atoms with van der Waals surface area (Å²) in [6.07, 6.45) is 9.40. The number of carbonyl (C=O) groups excluding carboxylic acids is 1. The van der Waals surface area contributed by atoms with Gasteiger partial charge in [0, 0.05) is 29.5 Å². The maximum Gasteiger partial charge on any atom is 0.168 e. The number of aldehydes is 1. The maximum absolute atomic E-state index is 10.8. The zero-order valence-corrected chi connectivity index (χ0v) is 21.3. The summed E-state index contributed by atoms with van der Waals surface area (Å²) in [4.78, 5) is 18.9. The molecule has 6 nitrogen and oxygen atoms in total. The molecule has 0 radical (unpaired) electrons. The lowest BCUT2D eigenvalue weighted by atomic mass is 10.1. The van der Waals surface area contributed by atoms with Crippen molar-refractivity contribution in [2.75, 3.05) is 0 Å². The number of benzene rings is 1. The SMILES string of the molecule is C[C@@H](Oc1ccc2c(c1)c(/C=C/c1ccc(C=O)nc1)nn2PI)c1c(Cl)cncc1Cl. The second kappa shape index (κ2) is 10.3. The molecule has 4 rings (SSSR count). The fourth-order valence-corrected chi connectivity index (χ4v) is 5.42. The Morgan fingerprint density at radius 2 is 1.91 bits per heavy atom. The molecule has 3 heterocycles. The summed E-state index contributed by atoms with van der Waals surface area (Å²) in [7, 11) is 0. The fraction of sp³-hybridized carbons (Fsp3) is 0.0909. The number of pyridine rings is 2. The number of aromatic nitrogens is 4. The van der Waals surface area contributed by atoms with Crippen molar-refractivity contribution < 1.29 is 9.53 Å². The Balaban J connectivity index is 1.66. The summed E-state index contributed by atoms with van der Waals surface area (Å²) >= 11 is 14.9. The average molecular weight is 597 g/mol. The molecular weight excluding hydrogens is 581 g/mol. The topological polar surface area (TPSA) is 69.9 Å². The predicted octanol–water partition coefficient (Wildman–Crippen LogP) is 7.05. The molecule has 0 aliphatic rings. The van der Waals surface area contributed by atoms with Crippen LogP contribution in [0, 0.1) is 0 Å². The second-order valence-corrected chi connectivity index (χ2v) is 9.66. The van der Waals surface area contributed by atoms with Gasteiger partial charge in [0.1, 0.15) is 17.5 Å². The van der Waals surface area contributed by atoms with E-state index in [0.29, 0.717) is 33.4 Å². The molecule has 3 aromatic heterocycles. The van der Waals surface area contributed by atoms with E-state index in [1.807, 2.05) is 47.8 Å². The standard InChI is InChI=1S/C22H16Cl2IN4O2P/c1-13(22-18(23)10-26-11-19(22)24)31-16-5-7-21-17(8-16)20(28-29(21)32-25)6-3-14-2-4-15(12-30)27-9-14/h2-13,32H,1H3/b6-3+/t13-/m1/s1. The third kappa shape index (κ3) is 4.96. The number of hydrogen-bond acceptors (Lipinski definition) is 5. The Labute approximate surface area is 209 Å². The summed E-state index contributed by atoms with van der Waals surface area (Å²) in [6, 6.07) is 9.38. The minimum atomic E-state index is -0.363. The first-order chi connectivity index (χ1) is 15.5. The van der Waals surface area contributed by atoms with E-state index in [1.165, 1.54) is 0 Å². The average Bonchev–Trinajstić information content (AvgIpc) is 3.15. The van der Waals surface area contributed by atoms with Gasteiger partial charge in [-0.2, -0.15) is 5.10 Å². The summed E-state index contributed by atoms with van der Waals surface area (Å²) in [5.74, 6) is 0.678. The molecule has 10 heteroatoms. The van der Waals surface area contributed by atoms with E-state index < -0.39 is 0 Å². The third-order valence-electron chi connectivity index (χ3n) is 4.73. The molecule has 1 aromatic carbocycles. The van der Waals surface area contributed by atoms with Crippen LogP contribution in [-0.2, 0) is 0 Å². The van der Waals surface area contributed by atoms with E-state index in [4.69, 9.17) is 33.0 Å². The minimum Gasteiger partial charge on any atom is -0.486 e. The highest BCUT2D eigenvalue weighted by molar-refractivity contribution is 14.2. The van der Waals surface area contributed by atoms with E-state index >= 15 is 0 Å². The monoisotopic (exact) mass is 596 g/mol. The van der Waals surface area contributed by atoms with Gasteiger partial charge in [0.25, 0.3) is 0 Å². The van der Waals surface area contributed by atoms with Crippen LogP contribution in [-0.4, -0.2) is 25.8 Å². The van der Waals surface area contributed by atoms with Crippen LogP contribution in [0.3, 0.4) is 0 Å². The summed E-state index contributed by atoms with van der Waals surface area (Å²) in [5.41, 5.74) is 3.78. The number of ether oxygens (including phenoxy) is 1. The van der Waals surface area contributed by atoms with Crippen LogP contribution >= 0.6 is 51.6 Å². The third-order valence-corrected chi connectivity index (χ3v) is 7.21. The molecule has 2 atom stereocenters. The normalized spacial score (nSPS) is 12.8. The minimum absolute atomic E-state index is 0.363. The van der Waals surface area contributed by atoms with Gasteiger partial charge in [0.05, 0.1) is 27.6 Å². The molecule has 0 saturated heterocycles. The van der Waals surface area contributed by atoms with E-state index in [-0.39, 0.29) is 6.10 Å². The number of carbonyl (C=O) groups is 1. The molecule has 162 valence electrons. The zero-order chi connectivity index (χ0) is 22.7. The molecule has 0 spiro atoms. The van der Waals surface area contributed by atoms with Gasteiger partial charge in [-0.15, -0.1) is 0 Å². The molecule has 1 unspecified atom stereocenters. The van der Waals surface area contributed by atoms with Crippen LogP contribution in [0.4, 0.5) is 0 Å². The molecular formula is C22H16Cl2IN4O2P. The van der Waals surface area contributed by atoms with Crippen molar-refractivity contribution in [2.45, 2.75) is 13.0 Å². The van der Waals surface area contributed by atoms with E-state index in [0.717, 1.165) is 28.4 Å². The lowest BCUT2D eigenvalue weighted by Gasteiger charge is -2.17. The van der Waals surface area contributed by atoms with Gasteiger partial charge in [-0.3, -0.25) is 14.8 Å². The number of fused-ring (bicyclic) bond motifs is 1. The lowest BCUT2D eigenvalue weighted by molar-refractivity contribution is 0.111. The second-order valence-electron chi connectivity index (χ2n) is 6.80. The van der Waals surface area contributed by atoms with E-state index in [2.05, 4.69) is 32.0 Å². The number of hydrogen-bond donors (Lipinski definition) is 0. The molecule has 0 N–H and O–H groups in total. The summed E-state index contributed by atoms with van der Waals surface area (Å²) < 4.78 is 8.11. The largest absolute Gasteiger partial charge is 0.486 e. The van der Waals surface area contributed by atoms with Crippen LogP contribution in [0.1, 0.15) is 40.3 Å². The number of nitrogens with zero attached hydrogens (tertiary/aromatic N) is 4. The lowest BCUT2D eigenvalue weighted by Crippen LogP contribution is -2.05. The van der Waals surface area contributed by atoms with Crippen molar-refractivity contribution in [3.63, 3.8) is 0 Å². The van der Waals surface area contributed by atoms with Crippen LogP contribution in [0.2, 0.25) is 10.0 Å². The first-order valence-electron chi connectivity index (χ1n) is 9.44. The molecule has 0 amide bonds. The van der Waals surface area contributed by atoms with Crippen LogP contribution in [0.15, 0.2) is 48.9 Å². The predicted molar refractivity (Wildman–Crippen MR) is 139 cm³/mol. The highest BCUT2D eigenvalue weighted by atomic mass is 127. The Morgan fingerprint density at radius 1 is 1.12 bits per heavy atom. The molecule has 0 fully saturated rings. The summed E-state index contributed by atoms with van der Waals surface area (Å²) in [6.45, 7) is 1.89. The molecule has 0 bridgehead atoms. The zero-order valence-electron chi connectivity index (χ0n) is 16.7. The number of rotatable bonds is 7. The van der Waals surface area contributed by atoms with Crippen molar-refractivity contribution >= 4 is 81.0 Å². The van der Waals surface area contributed by atoms with Crippen molar-refractivity contribution in [3.8, 4) is 5.75 Å². The molecule has 32 heavy (non-hydrogen) atoms. The first-order valence-corrected chi connectivity index (χ1v) is 14.3. The fourth-order valence-electron chi connectivity index (χ4n) is 3.21. The molecule has 0 aliphatic carbocycles. The van der Waals surface area contributed by atoms with Gasteiger partial charge in [0.2, 0.25) is 0 Å². The Morgan fingerprint density at radius 3 is 2.56 bits per heavy atom. The van der Waals surface area contributed by atoms with Crippen molar-refractivity contribution in [3.05, 3.63) is 81.5 Å². The van der Waals surface area contributed by atoms with Gasteiger partial charge < -0.3 is 4.74 Å². The van der Waals surface area contributed by atoms with Gasteiger partial charge in [-0.1, -0.05) is 35.3 Å². The van der Waals surface area contributed by atoms with Gasteiger partial charge >= 0.3 is 0 Å². The van der Waals surface area contributed by atoms with Crippen molar-refractivity contribution in [2.24, 2.45) is 0 Å². The molecule has 0 saturated carbocycles. The van der Waals surface area contributed by atoms with E-state index in [9.17, 15) is 4.79 Å². The highest BCUT2D eigenvalue weighted by Crippen LogP contribution is 2.36. The van der Waals surface area contributed by atoms with Gasteiger partial charge in [-0.05, 0) is 64.9 Å². The van der Waals surface area contributed by atoms with Gasteiger partial charge in [0.15, 0.2) is 6.29 Å². The van der Waals surface area contributed by atoms with Crippen LogP contribution < -0.4 is 4.74 Å². The number of halogens is 3. The maximum atomic E-state index is 10.8.